The Labute approximate surface area is 115 Å². The summed E-state index contributed by atoms with van der Waals surface area (Å²) in [4.78, 5) is 25.1. The van der Waals surface area contributed by atoms with E-state index < -0.39 is 5.91 Å². The number of hydrogen-bond donors (Lipinski definition) is 2. The van der Waals surface area contributed by atoms with Crippen LogP contribution in [0.25, 0.3) is 0 Å². The minimum atomic E-state index is -0.536. The van der Waals surface area contributed by atoms with Crippen LogP contribution in [0.4, 0.5) is 0 Å². The lowest BCUT2D eigenvalue weighted by atomic mass is 10.0. The van der Waals surface area contributed by atoms with Crippen molar-refractivity contribution in [1.82, 2.24) is 10.2 Å². The fraction of sp³-hybridized carbons (Fsp3) is 0.500. The van der Waals surface area contributed by atoms with Gasteiger partial charge < -0.3 is 20.4 Å². The van der Waals surface area contributed by atoms with Crippen molar-refractivity contribution in [1.29, 1.82) is 0 Å². The first-order valence-corrected chi connectivity index (χ1v) is 6.50. The van der Waals surface area contributed by atoms with Crippen molar-refractivity contribution in [3.8, 4) is 0 Å². The van der Waals surface area contributed by atoms with E-state index in [1.807, 2.05) is 0 Å². The summed E-state index contributed by atoms with van der Waals surface area (Å²) in [5.41, 5.74) is 5.49. The maximum Gasteiger partial charge on any atom is 0.259 e. The average molecular weight is 286 g/mol. The minimum absolute atomic E-state index is 0.00721. The number of furan rings is 1. The second-order valence-corrected chi connectivity index (χ2v) is 4.83. The molecule has 0 bridgehead atoms. The summed E-state index contributed by atoms with van der Waals surface area (Å²) in [6.07, 6.45) is 2.92. The van der Waals surface area contributed by atoms with Crippen molar-refractivity contribution in [3.05, 3.63) is 23.1 Å². The Balaban J connectivity index is 2.19. The molecule has 1 fully saturated rings. The quantitative estimate of drug-likeness (QED) is 0.848. The second kappa shape index (κ2) is 6.08. The Morgan fingerprint density at radius 3 is 2.68 bits per heavy atom. The number of amides is 2. The molecule has 0 spiro atoms. The maximum absolute atomic E-state index is 12.4. The lowest BCUT2D eigenvalue weighted by Gasteiger charge is -2.33. The number of hydrogen-bond acceptors (Lipinski definition) is 4. The van der Waals surface area contributed by atoms with Crippen LogP contribution in [-0.2, 0) is 4.79 Å². The number of primary amides is 1. The molecule has 1 aromatic rings. The molecule has 0 aliphatic carbocycles. The molecule has 1 aliphatic heterocycles. The maximum atomic E-state index is 12.4. The number of nitrogens with zero attached hydrogens (tertiary/aromatic N) is 1. The highest BCUT2D eigenvalue weighted by molar-refractivity contribution is 6.32. The third kappa shape index (κ3) is 3.27. The predicted molar refractivity (Wildman–Crippen MR) is 69.8 cm³/mol. The highest BCUT2D eigenvalue weighted by Gasteiger charge is 2.29. The average Bonchev–Trinajstić information content (AvgIpc) is 2.82. The molecule has 7 heteroatoms. The van der Waals surface area contributed by atoms with E-state index in [2.05, 4.69) is 5.32 Å². The van der Waals surface area contributed by atoms with Gasteiger partial charge in [-0.2, -0.15) is 0 Å². The van der Waals surface area contributed by atoms with Gasteiger partial charge in [-0.15, -0.1) is 0 Å². The van der Waals surface area contributed by atoms with Gasteiger partial charge in [0.15, 0.2) is 0 Å². The van der Waals surface area contributed by atoms with Crippen molar-refractivity contribution < 1.29 is 14.0 Å². The van der Waals surface area contributed by atoms with Crippen molar-refractivity contribution in [2.24, 2.45) is 5.73 Å². The number of carbonyl (C=O) groups excluding carboxylic acids is 2. The molecule has 6 nitrogen and oxygen atoms in total. The topological polar surface area (TPSA) is 88.6 Å². The van der Waals surface area contributed by atoms with Gasteiger partial charge in [-0.3, -0.25) is 9.59 Å². The number of rotatable bonds is 4. The number of nitrogens with two attached hydrogens (primary N) is 1. The fourth-order valence-corrected chi connectivity index (χ4v) is 2.45. The smallest absolute Gasteiger partial charge is 0.259 e. The largest absolute Gasteiger partial charge is 0.452 e. The SMILES string of the molecule is NC(=O)CN(C(=O)c1ccoc1Cl)C1CCNCC1. The lowest BCUT2D eigenvalue weighted by Crippen LogP contribution is -2.49. The lowest BCUT2D eigenvalue weighted by molar-refractivity contribution is -0.119. The molecular formula is C12H16ClN3O3. The van der Waals surface area contributed by atoms with Crippen LogP contribution in [0.1, 0.15) is 23.2 Å². The summed E-state index contributed by atoms with van der Waals surface area (Å²) in [6, 6.07) is 1.49. The first-order chi connectivity index (χ1) is 9.09. The molecule has 1 aromatic heterocycles. The van der Waals surface area contributed by atoms with E-state index in [1.165, 1.54) is 17.2 Å². The normalized spacial score (nSPS) is 16.3. The first kappa shape index (κ1) is 13.9. The molecule has 0 unspecified atom stereocenters. The van der Waals surface area contributed by atoms with E-state index in [0.717, 1.165) is 25.9 Å². The van der Waals surface area contributed by atoms with Gasteiger partial charge in [0.25, 0.3) is 5.91 Å². The summed E-state index contributed by atoms with van der Waals surface area (Å²) < 4.78 is 4.92. The van der Waals surface area contributed by atoms with Crippen LogP contribution in [0.15, 0.2) is 16.7 Å². The number of carbonyl (C=O) groups is 2. The molecule has 1 aliphatic rings. The molecule has 0 saturated carbocycles. The van der Waals surface area contributed by atoms with Gasteiger partial charge in [-0.1, -0.05) is 0 Å². The van der Waals surface area contributed by atoms with Crippen molar-refractivity contribution in [3.63, 3.8) is 0 Å². The second-order valence-electron chi connectivity index (χ2n) is 4.49. The van der Waals surface area contributed by atoms with Gasteiger partial charge in [-0.05, 0) is 43.6 Å². The molecule has 0 radical (unpaired) electrons. The van der Waals surface area contributed by atoms with Gasteiger partial charge in [0, 0.05) is 6.04 Å². The Kier molecular flexibility index (Phi) is 4.44. The highest BCUT2D eigenvalue weighted by Crippen LogP contribution is 2.21. The van der Waals surface area contributed by atoms with Crippen LogP contribution in [0.5, 0.6) is 0 Å². The molecule has 2 amide bonds. The van der Waals surface area contributed by atoms with Crippen molar-refractivity contribution >= 4 is 23.4 Å². The van der Waals surface area contributed by atoms with Crippen LogP contribution in [0, 0.1) is 0 Å². The van der Waals surface area contributed by atoms with E-state index in [0.29, 0.717) is 0 Å². The Morgan fingerprint density at radius 1 is 1.47 bits per heavy atom. The van der Waals surface area contributed by atoms with E-state index in [4.69, 9.17) is 21.8 Å². The van der Waals surface area contributed by atoms with E-state index in [9.17, 15) is 9.59 Å². The van der Waals surface area contributed by atoms with Crippen LogP contribution >= 0.6 is 11.6 Å². The molecular weight excluding hydrogens is 270 g/mol. The summed E-state index contributed by atoms with van der Waals surface area (Å²) in [7, 11) is 0. The van der Waals surface area contributed by atoms with Crippen LogP contribution < -0.4 is 11.1 Å². The number of nitrogens with one attached hydrogen (secondary N) is 1. The molecule has 1 saturated heterocycles. The minimum Gasteiger partial charge on any atom is -0.452 e. The summed E-state index contributed by atoms with van der Waals surface area (Å²) in [6.45, 7) is 1.52. The zero-order valence-electron chi connectivity index (χ0n) is 10.4. The summed E-state index contributed by atoms with van der Waals surface area (Å²) in [5.74, 6) is -0.851. The zero-order chi connectivity index (χ0) is 13.8. The Hall–Kier alpha value is -1.53. The molecule has 0 atom stereocenters. The summed E-state index contributed by atoms with van der Waals surface area (Å²) in [5, 5.41) is 3.24. The Morgan fingerprint density at radius 2 is 2.16 bits per heavy atom. The summed E-state index contributed by atoms with van der Waals surface area (Å²) >= 11 is 5.81. The molecule has 19 heavy (non-hydrogen) atoms. The molecule has 2 rings (SSSR count). The third-order valence-corrected chi connectivity index (χ3v) is 3.48. The van der Waals surface area contributed by atoms with Gasteiger partial charge >= 0.3 is 0 Å². The fourth-order valence-electron chi connectivity index (χ4n) is 2.25. The molecule has 104 valence electrons. The van der Waals surface area contributed by atoms with Gasteiger partial charge in [-0.25, -0.2) is 0 Å². The molecule has 3 N–H and O–H groups in total. The molecule has 0 aromatic carbocycles. The van der Waals surface area contributed by atoms with Crippen molar-refractivity contribution in [2.75, 3.05) is 19.6 Å². The Bertz CT molecular complexity index is 469. The van der Waals surface area contributed by atoms with E-state index >= 15 is 0 Å². The number of piperidine rings is 1. The van der Waals surface area contributed by atoms with E-state index in [1.54, 1.807) is 0 Å². The third-order valence-electron chi connectivity index (χ3n) is 3.18. The van der Waals surface area contributed by atoms with Crippen LogP contribution in [-0.4, -0.2) is 42.4 Å². The highest BCUT2D eigenvalue weighted by atomic mass is 35.5. The van der Waals surface area contributed by atoms with Gasteiger partial charge in [0.1, 0.15) is 0 Å². The zero-order valence-corrected chi connectivity index (χ0v) is 11.2. The predicted octanol–water partition coefficient (Wildman–Crippen LogP) is 0.612. The van der Waals surface area contributed by atoms with Crippen molar-refractivity contribution in [2.45, 2.75) is 18.9 Å². The molecule has 2 heterocycles. The van der Waals surface area contributed by atoms with Gasteiger partial charge in [0.2, 0.25) is 11.1 Å². The number of halogens is 1. The van der Waals surface area contributed by atoms with E-state index in [-0.39, 0.29) is 29.3 Å². The monoisotopic (exact) mass is 285 g/mol. The first-order valence-electron chi connectivity index (χ1n) is 6.12. The van der Waals surface area contributed by atoms with Crippen LogP contribution in [0.3, 0.4) is 0 Å². The van der Waals surface area contributed by atoms with Crippen LogP contribution in [0.2, 0.25) is 5.22 Å². The van der Waals surface area contributed by atoms with Gasteiger partial charge in [0.05, 0.1) is 18.4 Å². The standard InChI is InChI=1S/C12H16ClN3O3/c13-11-9(3-6-19-11)12(18)16(7-10(14)17)8-1-4-15-5-2-8/h3,6,8,15H,1-2,4-5,7H2,(H2,14,17).